The van der Waals surface area contributed by atoms with E-state index in [4.69, 9.17) is 21.1 Å². The molecule has 0 bridgehead atoms. The first kappa shape index (κ1) is 14.2. The van der Waals surface area contributed by atoms with Crippen LogP contribution in [0.5, 0.6) is 11.5 Å². The average Bonchev–Trinajstić information content (AvgIpc) is 2.46. The number of fused-ring (bicyclic) bond motifs is 1. The number of aliphatic hydroxyl groups is 1. The number of hydrogen-bond acceptors (Lipinski definition) is 3. The smallest absolute Gasteiger partial charge is 0.131 e. The van der Waals surface area contributed by atoms with Crippen molar-refractivity contribution in [3.63, 3.8) is 0 Å². The minimum Gasteiger partial charge on any atom is -0.497 e. The van der Waals surface area contributed by atoms with Gasteiger partial charge in [-0.2, -0.15) is 0 Å². The van der Waals surface area contributed by atoms with E-state index in [0.29, 0.717) is 27.6 Å². The Kier molecular flexibility index (Phi) is 3.74. The van der Waals surface area contributed by atoms with Gasteiger partial charge in [0.1, 0.15) is 23.4 Å². The van der Waals surface area contributed by atoms with Crippen LogP contribution in [0.3, 0.4) is 0 Å². The van der Waals surface area contributed by atoms with Crippen LogP contribution in [0.2, 0.25) is 5.02 Å². The third kappa shape index (κ3) is 2.69. The summed E-state index contributed by atoms with van der Waals surface area (Å²) in [6.45, 7) is 0. The zero-order valence-electron chi connectivity index (χ0n) is 11.3. The molecule has 21 heavy (non-hydrogen) atoms. The first-order valence-corrected chi connectivity index (χ1v) is 6.94. The number of hydrogen-bond donors (Lipinski definition) is 1. The summed E-state index contributed by atoms with van der Waals surface area (Å²) >= 11 is 5.76. The van der Waals surface area contributed by atoms with Crippen LogP contribution in [0, 0.1) is 5.82 Å². The molecule has 0 fully saturated rings. The lowest BCUT2D eigenvalue weighted by Gasteiger charge is -2.30. The van der Waals surface area contributed by atoms with Crippen molar-refractivity contribution in [3.8, 4) is 11.5 Å². The van der Waals surface area contributed by atoms with Crippen LogP contribution in [0.25, 0.3) is 0 Å². The molecule has 0 saturated carbocycles. The molecule has 0 saturated heterocycles. The molecule has 3 nitrogen and oxygen atoms in total. The molecule has 1 unspecified atom stereocenters. The highest BCUT2D eigenvalue weighted by Gasteiger charge is 2.30. The maximum atomic E-state index is 14.0. The first-order chi connectivity index (χ1) is 10.1. The van der Waals surface area contributed by atoms with Gasteiger partial charge in [0.15, 0.2) is 0 Å². The first-order valence-electron chi connectivity index (χ1n) is 6.56. The maximum absolute atomic E-state index is 14.0. The molecule has 3 rings (SSSR count). The van der Waals surface area contributed by atoms with Gasteiger partial charge in [-0.1, -0.05) is 17.7 Å². The Morgan fingerprint density at radius 1 is 1.24 bits per heavy atom. The second-order valence-electron chi connectivity index (χ2n) is 4.93. The van der Waals surface area contributed by atoms with Crippen molar-refractivity contribution >= 4 is 11.6 Å². The number of ether oxygens (including phenoxy) is 2. The zero-order valence-corrected chi connectivity index (χ0v) is 12.1. The Morgan fingerprint density at radius 3 is 2.71 bits per heavy atom. The summed E-state index contributed by atoms with van der Waals surface area (Å²) in [5.41, 5.74) is 1.06. The molecular formula is C16H14ClFO3. The van der Waals surface area contributed by atoms with Gasteiger partial charge >= 0.3 is 0 Å². The zero-order chi connectivity index (χ0) is 15.0. The fourth-order valence-corrected chi connectivity index (χ4v) is 2.66. The lowest BCUT2D eigenvalue weighted by molar-refractivity contribution is 0.0638. The highest BCUT2D eigenvalue weighted by Crippen LogP contribution is 2.42. The predicted molar refractivity (Wildman–Crippen MR) is 77.3 cm³/mol. The molecule has 1 aliphatic heterocycles. The Labute approximate surface area is 126 Å². The number of benzene rings is 2. The summed E-state index contributed by atoms with van der Waals surface area (Å²) in [4.78, 5) is 0. The minimum absolute atomic E-state index is 0.290. The fraction of sp³-hybridized carbons (Fsp3) is 0.250. The fourth-order valence-electron chi connectivity index (χ4n) is 2.50. The largest absolute Gasteiger partial charge is 0.497 e. The summed E-state index contributed by atoms with van der Waals surface area (Å²) < 4.78 is 25.0. The summed E-state index contributed by atoms with van der Waals surface area (Å²) in [7, 11) is 1.55. The Bertz CT molecular complexity index is 675. The van der Waals surface area contributed by atoms with Crippen LogP contribution >= 0.6 is 11.6 Å². The average molecular weight is 309 g/mol. The van der Waals surface area contributed by atoms with E-state index in [1.54, 1.807) is 37.4 Å². The van der Waals surface area contributed by atoms with E-state index in [-0.39, 0.29) is 6.42 Å². The van der Waals surface area contributed by atoms with E-state index in [1.807, 2.05) is 0 Å². The van der Waals surface area contributed by atoms with E-state index in [1.165, 1.54) is 6.07 Å². The second-order valence-corrected chi connectivity index (χ2v) is 5.36. The van der Waals surface area contributed by atoms with Crippen LogP contribution in [0.1, 0.15) is 29.8 Å². The monoisotopic (exact) mass is 308 g/mol. The van der Waals surface area contributed by atoms with E-state index in [2.05, 4.69) is 0 Å². The Morgan fingerprint density at radius 2 is 2.00 bits per heavy atom. The van der Waals surface area contributed by atoms with Crippen molar-refractivity contribution in [3.05, 3.63) is 58.4 Å². The van der Waals surface area contributed by atoms with Gasteiger partial charge in [0.2, 0.25) is 0 Å². The molecule has 1 heterocycles. The molecule has 2 aromatic rings. The molecule has 1 N–H and O–H groups in total. The second kappa shape index (κ2) is 5.54. The van der Waals surface area contributed by atoms with Crippen molar-refractivity contribution < 1.29 is 19.0 Å². The van der Waals surface area contributed by atoms with Gasteiger partial charge < -0.3 is 14.6 Å². The molecule has 0 aliphatic carbocycles. The third-order valence-electron chi connectivity index (χ3n) is 3.60. The lowest BCUT2D eigenvalue weighted by Crippen LogP contribution is -2.20. The molecule has 1 aliphatic rings. The minimum atomic E-state index is -0.709. The van der Waals surface area contributed by atoms with Crippen molar-refractivity contribution in [2.75, 3.05) is 7.11 Å². The van der Waals surface area contributed by atoms with Crippen LogP contribution in [0.4, 0.5) is 4.39 Å². The summed E-state index contributed by atoms with van der Waals surface area (Å²) in [5.74, 6) is 0.691. The standard InChI is InChI=1S/C16H14ClFO3/c1-20-10-3-5-12-14(19)8-16(21-15(12)7-10)11-4-2-9(17)6-13(11)18/h2-7,14,16,19H,8H2,1H3/t14-,16?/m0/s1. The number of rotatable bonds is 2. The van der Waals surface area contributed by atoms with Gasteiger partial charge in [0.25, 0.3) is 0 Å². The van der Waals surface area contributed by atoms with Crippen molar-refractivity contribution in [2.24, 2.45) is 0 Å². The summed E-state index contributed by atoms with van der Waals surface area (Å²) in [6, 6.07) is 9.64. The van der Waals surface area contributed by atoms with Crippen molar-refractivity contribution in [2.45, 2.75) is 18.6 Å². The van der Waals surface area contributed by atoms with Crippen molar-refractivity contribution in [1.82, 2.24) is 0 Å². The third-order valence-corrected chi connectivity index (χ3v) is 3.83. The van der Waals surface area contributed by atoms with Crippen LogP contribution in [-0.2, 0) is 0 Å². The molecule has 5 heteroatoms. The number of aliphatic hydroxyl groups excluding tert-OH is 1. The highest BCUT2D eigenvalue weighted by molar-refractivity contribution is 6.30. The molecule has 0 spiro atoms. The molecule has 110 valence electrons. The van der Waals surface area contributed by atoms with E-state index < -0.39 is 18.0 Å². The van der Waals surface area contributed by atoms with Gasteiger partial charge in [0, 0.05) is 28.6 Å². The Balaban J connectivity index is 1.96. The van der Waals surface area contributed by atoms with Gasteiger partial charge in [-0.3, -0.25) is 0 Å². The quantitative estimate of drug-likeness (QED) is 0.910. The molecule has 0 aromatic heterocycles. The maximum Gasteiger partial charge on any atom is 0.131 e. The van der Waals surface area contributed by atoms with E-state index in [0.717, 1.165) is 0 Å². The summed E-state index contributed by atoms with van der Waals surface area (Å²) in [5, 5.41) is 10.6. The van der Waals surface area contributed by atoms with Crippen molar-refractivity contribution in [1.29, 1.82) is 0 Å². The molecule has 0 radical (unpaired) electrons. The van der Waals surface area contributed by atoms with E-state index >= 15 is 0 Å². The van der Waals surface area contributed by atoms with Crippen LogP contribution < -0.4 is 9.47 Å². The normalized spacial score (nSPS) is 20.6. The van der Waals surface area contributed by atoms with Gasteiger partial charge in [-0.05, 0) is 24.3 Å². The van der Waals surface area contributed by atoms with E-state index in [9.17, 15) is 9.50 Å². The summed E-state index contributed by atoms with van der Waals surface area (Å²) in [6.07, 6.45) is -0.977. The molecule has 2 aromatic carbocycles. The molecule has 0 amide bonds. The number of methoxy groups -OCH3 is 1. The lowest BCUT2D eigenvalue weighted by atomic mass is 9.94. The predicted octanol–water partition coefficient (Wildman–Crippen LogP) is 4.04. The highest BCUT2D eigenvalue weighted by atomic mass is 35.5. The van der Waals surface area contributed by atoms with Gasteiger partial charge in [0.05, 0.1) is 13.2 Å². The topological polar surface area (TPSA) is 38.7 Å². The van der Waals surface area contributed by atoms with Crippen LogP contribution in [-0.4, -0.2) is 12.2 Å². The SMILES string of the molecule is COc1ccc2c(c1)OC(c1ccc(Cl)cc1F)C[C@@H]2O. The number of halogens is 2. The Hall–Kier alpha value is -1.78. The van der Waals surface area contributed by atoms with Gasteiger partial charge in [-0.25, -0.2) is 4.39 Å². The molecule has 2 atom stereocenters. The van der Waals surface area contributed by atoms with Gasteiger partial charge in [-0.15, -0.1) is 0 Å². The van der Waals surface area contributed by atoms with Crippen LogP contribution in [0.15, 0.2) is 36.4 Å². The molecular weight excluding hydrogens is 295 g/mol.